The fourth-order valence-corrected chi connectivity index (χ4v) is 4.81. The number of aromatic nitrogens is 4. The third kappa shape index (κ3) is 6.66. The Morgan fingerprint density at radius 3 is 2.35 bits per heavy atom. The van der Waals surface area contributed by atoms with Crippen molar-refractivity contribution < 1.29 is 18.0 Å². The maximum atomic E-state index is 13.8. The number of alkyl halides is 3. The number of nitrogens with zero attached hydrogens (tertiary/aromatic N) is 5. The van der Waals surface area contributed by atoms with Crippen molar-refractivity contribution in [3.05, 3.63) is 99.3 Å². The standard InChI is InChI=1S/C32H33F3N6O2/c1-18(2)23(10-11-40(6)17-42)30-36-15-22(16-37-30)28-14-25-24(12-19(3)13-26(25)31(43)41(28)7)21(5)39-27-9-8-20(4)38-29(27)32(33,34)35/h8-17,21,39H,1-7H3/b11-10-/t21-/m1/s1. The van der Waals surface area contributed by atoms with Gasteiger partial charge in [0.1, 0.15) is 0 Å². The molecular weight excluding hydrogens is 557 g/mol. The molecule has 0 saturated heterocycles. The number of hydrogen-bond donors (Lipinski definition) is 1. The van der Waals surface area contributed by atoms with Crippen molar-refractivity contribution in [2.75, 3.05) is 12.4 Å². The highest BCUT2D eigenvalue weighted by molar-refractivity contribution is 5.89. The summed E-state index contributed by atoms with van der Waals surface area (Å²) < 4.78 is 42.8. The lowest BCUT2D eigenvalue weighted by molar-refractivity contribution is -0.140. The summed E-state index contributed by atoms with van der Waals surface area (Å²) in [5, 5.41) is 4.02. The Morgan fingerprint density at radius 1 is 1.07 bits per heavy atom. The van der Waals surface area contributed by atoms with Gasteiger partial charge in [0.2, 0.25) is 6.41 Å². The summed E-state index contributed by atoms with van der Waals surface area (Å²) in [7, 11) is 3.27. The quantitative estimate of drug-likeness (QED) is 0.184. The molecule has 1 amide bonds. The van der Waals surface area contributed by atoms with Crippen LogP contribution in [0.1, 0.15) is 55.2 Å². The van der Waals surface area contributed by atoms with Crippen LogP contribution in [-0.4, -0.2) is 37.9 Å². The topological polar surface area (TPSA) is 93.0 Å². The molecular formula is C32H33F3N6O2. The highest BCUT2D eigenvalue weighted by Gasteiger charge is 2.36. The summed E-state index contributed by atoms with van der Waals surface area (Å²) >= 11 is 0. The monoisotopic (exact) mass is 590 g/mol. The first-order valence-electron chi connectivity index (χ1n) is 13.5. The Kier molecular flexibility index (Phi) is 8.84. The van der Waals surface area contributed by atoms with Gasteiger partial charge in [-0.3, -0.25) is 9.59 Å². The molecule has 0 fully saturated rings. The normalized spacial score (nSPS) is 12.4. The molecule has 0 aliphatic heterocycles. The number of pyridine rings is 2. The van der Waals surface area contributed by atoms with Crippen LogP contribution in [0.3, 0.4) is 0 Å². The number of carbonyl (C=O) groups is 1. The predicted octanol–water partition coefficient (Wildman–Crippen LogP) is 6.59. The van der Waals surface area contributed by atoms with Crippen molar-refractivity contribution in [1.29, 1.82) is 0 Å². The molecule has 11 heteroatoms. The van der Waals surface area contributed by atoms with Crippen LogP contribution in [0, 0.1) is 13.8 Å². The summed E-state index contributed by atoms with van der Waals surface area (Å²) in [4.78, 5) is 38.7. The van der Waals surface area contributed by atoms with E-state index in [9.17, 15) is 22.8 Å². The molecule has 0 aliphatic carbocycles. The summed E-state index contributed by atoms with van der Waals surface area (Å²) in [6.45, 7) is 8.92. The fraction of sp³-hybridized carbons (Fsp3) is 0.281. The minimum Gasteiger partial charge on any atom is -0.377 e. The molecule has 4 rings (SSSR count). The van der Waals surface area contributed by atoms with Crippen LogP contribution in [0.25, 0.3) is 27.6 Å². The zero-order valence-corrected chi connectivity index (χ0v) is 25.0. The molecule has 0 aliphatic rings. The average molecular weight is 591 g/mol. The Labute approximate surface area is 247 Å². The highest BCUT2D eigenvalue weighted by atomic mass is 19.4. The second-order valence-electron chi connectivity index (χ2n) is 10.7. The van der Waals surface area contributed by atoms with E-state index in [0.29, 0.717) is 39.8 Å². The van der Waals surface area contributed by atoms with Gasteiger partial charge < -0.3 is 14.8 Å². The number of carbonyl (C=O) groups excluding carboxylic acids is 1. The number of hydrogen-bond acceptors (Lipinski definition) is 6. The van der Waals surface area contributed by atoms with Crippen LogP contribution in [0.15, 0.2) is 65.4 Å². The first kappa shape index (κ1) is 31.1. The number of fused-ring (bicyclic) bond motifs is 1. The molecule has 3 aromatic heterocycles. The van der Waals surface area contributed by atoms with Crippen LogP contribution in [0.5, 0.6) is 0 Å². The largest absolute Gasteiger partial charge is 0.435 e. The summed E-state index contributed by atoms with van der Waals surface area (Å²) in [5.74, 6) is 0.450. The van der Waals surface area contributed by atoms with E-state index in [1.807, 2.05) is 32.9 Å². The van der Waals surface area contributed by atoms with Gasteiger partial charge in [-0.2, -0.15) is 13.2 Å². The van der Waals surface area contributed by atoms with E-state index in [1.54, 1.807) is 51.8 Å². The van der Waals surface area contributed by atoms with Gasteiger partial charge in [0, 0.05) is 60.9 Å². The van der Waals surface area contributed by atoms with Crippen LogP contribution in [-0.2, 0) is 18.0 Å². The van der Waals surface area contributed by atoms with Crippen molar-refractivity contribution in [3.63, 3.8) is 0 Å². The molecule has 8 nitrogen and oxygen atoms in total. The van der Waals surface area contributed by atoms with E-state index >= 15 is 0 Å². The van der Waals surface area contributed by atoms with Crippen LogP contribution in [0.4, 0.5) is 18.9 Å². The molecule has 0 radical (unpaired) electrons. The molecule has 4 aromatic rings. The smallest absolute Gasteiger partial charge is 0.377 e. The molecule has 1 atom stereocenters. The Bertz CT molecular complexity index is 1800. The van der Waals surface area contributed by atoms with Crippen molar-refractivity contribution in [3.8, 4) is 11.3 Å². The molecule has 1 aromatic carbocycles. The van der Waals surface area contributed by atoms with E-state index in [4.69, 9.17) is 0 Å². The molecule has 0 saturated carbocycles. The van der Waals surface area contributed by atoms with Crippen LogP contribution >= 0.6 is 0 Å². The van der Waals surface area contributed by atoms with Gasteiger partial charge in [-0.15, -0.1) is 0 Å². The van der Waals surface area contributed by atoms with Crippen molar-refractivity contribution >= 4 is 28.4 Å². The number of rotatable bonds is 8. The van der Waals surface area contributed by atoms with Gasteiger partial charge in [-0.05, 0) is 81.5 Å². The maximum absolute atomic E-state index is 13.8. The first-order chi connectivity index (χ1) is 20.2. The molecule has 1 N–H and O–H groups in total. The van der Waals surface area contributed by atoms with E-state index in [-0.39, 0.29) is 16.9 Å². The second-order valence-corrected chi connectivity index (χ2v) is 10.7. The second kappa shape index (κ2) is 12.2. The molecule has 0 unspecified atom stereocenters. The third-order valence-corrected chi connectivity index (χ3v) is 7.05. The third-order valence-electron chi connectivity index (χ3n) is 7.05. The molecule has 3 heterocycles. The summed E-state index contributed by atoms with van der Waals surface area (Å²) in [5.41, 5.74) is 3.15. The predicted molar refractivity (Wildman–Crippen MR) is 162 cm³/mol. The van der Waals surface area contributed by atoms with Crippen molar-refractivity contribution in [2.24, 2.45) is 7.05 Å². The minimum atomic E-state index is -4.64. The number of aryl methyl sites for hydroxylation is 2. The van der Waals surface area contributed by atoms with Gasteiger partial charge in [-0.1, -0.05) is 11.6 Å². The number of amides is 1. The molecule has 0 bridgehead atoms. The van der Waals surface area contributed by atoms with Gasteiger partial charge in [0.15, 0.2) is 11.5 Å². The first-order valence-corrected chi connectivity index (χ1v) is 13.5. The van der Waals surface area contributed by atoms with Gasteiger partial charge >= 0.3 is 6.18 Å². The average Bonchev–Trinajstić information content (AvgIpc) is 2.95. The fourth-order valence-electron chi connectivity index (χ4n) is 4.81. The van der Waals surface area contributed by atoms with Gasteiger partial charge in [0.05, 0.1) is 11.4 Å². The SMILES string of the molecule is CC(C)=C(/C=C\N(C)C=O)c1ncc(-c2cc3c([C@@H](C)Nc4ccc(C)nc4C(F)(F)F)cc(C)cc3c(=O)n2C)cn1. The Morgan fingerprint density at radius 2 is 1.74 bits per heavy atom. The van der Waals surface area contributed by atoms with E-state index in [1.165, 1.54) is 28.5 Å². The van der Waals surface area contributed by atoms with E-state index in [2.05, 4.69) is 20.3 Å². The Hall–Kier alpha value is -4.80. The van der Waals surface area contributed by atoms with Crippen molar-refractivity contribution in [2.45, 2.75) is 46.8 Å². The van der Waals surface area contributed by atoms with Crippen LogP contribution < -0.4 is 10.9 Å². The van der Waals surface area contributed by atoms with Gasteiger partial charge in [-0.25, -0.2) is 15.0 Å². The zero-order valence-electron chi connectivity index (χ0n) is 25.0. The lowest BCUT2D eigenvalue weighted by Crippen LogP contribution is -2.20. The molecule has 0 spiro atoms. The maximum Gasteiger partial charge on any atom is 0.435 e. The number of allylic oxidation sites excluding steroid dienone is 3. The lowest BCUT2D eigenvalue weighted by Gasteiger charge is -2.22. The molecule has 224 valence electrons. The number of anilines is 1. The van der Waals surface area contributed by atoms with E-state index < -0.39 is 17.9 Å². The highest BCUT2D eigenvalue weighted by Crippen LogP contribution is 2.36. The summed E-state index contributed by atoms with van der Waals surface area (Å²) in [6.07, 6.45) is 2.65. The lowest BCUT2D eigenvalue weighted by atomic mass is 9.96. The van der Waals surface area contributed by atoms with Crippen molar-refractivity contribution in [1.82, 2.24) is 24.4 Å². The van der Waals surface area contributed by atoms with E-state index in [0.717, 1.165) is 16.7 Å². The molecule has 43 heavy (non-hydrogen) atoms. The summed E-state index contributed by atoms with van der Waals surface area (Å²) in [6, 6.07) is 7.77. The van der Waals surface area contributed by atoms with Gasteiger partial charge in [0.25, 0.3) is 5.56 Å². The zero-order chi connectivity index (χ0) is 31.6. The Balaban J connectivity index is 1.80. The number of benzene rings is 1. The number of halogens is 3. The minimum absolute atomic E-state index is 0.142. The number of nitrogens with one attached hydrogen (secondary N) is 1. The van der Waals surface area contributed by atoms with Crippen LogP contribution in [0.2, 0.25) is 0 Å².